The molecule has 0 aromatic carbocycles. The number of aromatic nitrogens is 1. The number of nitrogens with zero attached hydrogens (tertiary/aromatic N) is 2. The minimum absolute atomic E-state index is 0.00798. The van der Waals surface area contributed by atoms with E-state index in [2.05, 4.69) is 36.4 Å². The number of hydrogen-bond donors (Lipinski definition) is 1. The fourth-order valence-electron chi connectivity index (χ4n) is 1.93. The van der Waals surface area contributed by atoms with Gasteiger partial charge in [0.1, 0.15) is 0 Å². The van der Waals surface area contributed by atoms with E-state index in [1.54, 1.807) is 28.2 Å². The summed E-state index contributed by atoms with van der Waals surface area (Å²) in [5, 5.41) is 2.09. The lowest BCUT2D eigenvalue weighted by Gasteiger charge is -2.24. The number of hydrogen-bond acceptors (Lipinski definition) is 4. The van der Waals surface area contributed by atoms with Crippen molar-refractivity contribution in [3.05, 3.63) is 51.1 Å². The molecule has 0 aliphatic heterocycles. The summed E-state index contributed by atoms with van der Waals surface area (Å²) in [4.78, 5) is 15.2. The van der Waals surface area contributed by atoms with Gasteiger partial charge in [0.05, 0.1) is 0 Å². The van der Waals surface area contributed by atoms with Crippen LogP contribution in [0.5, 0.6) is 0 Å². The molecule has 0 saturated carbocycles. The molecule has 0 amide bonds. The first-order chi connectivity index (χ1) is 9.08. The highest BCUT2D eigenvalue weighted by atomic mass is 32.1. The third-order valence-corrected chi connectivity index (χ3v) is 4.36. The van der Waals surface area contributed by atoms with Crippen molar-refractivity contribution in [1.29, 1.82) is 0 Å². The highest BCUT2D eigenvalue weighted by molar-refractivity contribution is 7.10. The van der Waals surface area contributed by atoms with Gasteiger partial charge >= 0.3 is 0 Å². The maximum atomic E-state index is 11.7. The summed E-state index contributed by atoms with van der Waals surface area (Å²) in [6, 6.07) is 7.71. The van der Waals surface area contributed by atoms with E-state index < -0.39 is 0 Å². The van der Waals surface area contributed by atoms with Gasteiger partial charge in [0.2, 0.25) is 0 Å². The van der Waals surface area contributed by atoms with Crippen LogP contribution in [0.25, 0.3) is 0 Å². The second kappa shape index (κ2) is 6.04. The molecule has 0 fully saturated rings. The van der Waals surface area contributed by atoms with E-state index in [4.69, 9.17) is 5.73 Å². The van der Waals surface area contributed by atoms with Crippen molar-refractivity contribution in [3.63, 3.8) is 0 Å². The van der Waals surface area contributed by atoms with E-state index in [1.165, 1.54) is 10.9 Å². The molecular weight excluding hydrogens is 258 g/mol. The maximum absolute atomic E-state index is 11.7. The zero-order chi connectivity index (χ0) is 13.8. The third kappa shape index (κ3) is 3.45. The Kier molecular flexibility index (Phi) is 4.39. The van der Waals surface area contributed by atoms with Crippen molar-refractivity contribution < 1.29 is 0 Å². The van der Waals surface area contributed by atoms with Crippen molar-refractivity contribution in [3.8, 4) is 0 Å². The van der Waals surface area contributed by atoms with Gasteiger partial charge in [-0.15, -0.1) is 11.3 Å². The number of pyridine rings is 1. The summed E-state index contributed by atoms with van der Waals surface area (Å²) in [5.41, 5.74) is 6.31. The number of nitrogens with two attached hydrogens (primary N) is 1. The average Bonchev–Trinajstić information content (AvgIpc) is 2.92. The Balaban J connectivity index is 1.98. The molecule has 1 atom stereocenters. The van der Waals surface area contributed by atoms with Crippen LogP contribution in [0.2, 0.25) is 0 Å². The summed E-state index contributed by atoms with van der Waals surface area (Å²) in [7, 11) is 2.07. The topological polar surface area (TPSA) is 51.3 Å². The first kappa shape index (κ1) is 13.8. The van der Waals surface area contributed by atoms with Gasteiger partial charge < -0.3 is 10.3 Å². The Morgan fingerprint density at radius 2 is 2.21 bits per heavy atom. The molecule has 2 rings (SSSR count). The molecule has 0 aliphatic carbocycles. The molecule has 0 saturated heterocycles. The van der Waals surface area contributed by atoms with Crippen LogP contribution in [-0.4, -0.2) is 23.1 Å². The zero-order valence-corrected chi connectivity index (χ0v) is 12.1. The molecule has 5 heteroatoms. The molecule has 2 aromatic rings. The van der Waals surface area contributed by atoms with Crippen molar-refractivity contribution in [2.24, 2.45) is 0 Å². The highest BCUT2D eigenvalue weighted by Gasteiger charge is 2.12. The van der Waals surface area contributed by atoms with Gasteiger partial charge in [0.25, 0.3) is 5.56 Å². The predicted molar refractivity (Wildman–Crippen MR) is 80.5 cm³/mol. The normalized spacial score (nSPS) is 12.8. The third-order valence-electron chi connectivity index (χ3n) is 3.32. The monoisotopic (exact) mass is 277 g/mol. The van der Waals surface area contributed by atoms with Gasteiger partial charge in [-0.25, -0.2) is 0 Å². The highest BCUT2D eigenvalue weighted by Crippen LogP contribution is 2.22. The lowest BCUT2D eigenvalue weighted by Crippen LogP contribution is -2.29. The molecule has 2 aromatic heterocycles. The zero-order valence-electron chi connectivity index (χ0n) is 11.2. The molecule has 4 nitrogen and oxygen atoms in total. The number of likely N-dealkylation sites (N-methyl/N-ethyl adjacent to an activating group) is 1. The summed E-state index contributed by atoms with van der Waals surface area (Å²) in [5.74, 6) is 0. The van der Waals surface area contributed by atoms with Crippen LogP contribution in [0.4, 0.5) is 5.69 Å². The smallest absolute Gasteiger partial charge is 0.250 e. The summed E-state index contributed by atoms with van der Waals surface area (Å²) >= 11 is 1.76. The van der Waals surface area contributed by atoms with Crippen molar-refractivity contribution in [1.82, 2.24) is 9.47 Å². The molecule has 0 bridgehead atoms. The summed E-state index contributed by atoms with van der Waals surface area (Å²) < 4.78 is 1.66. The number of anilines is 1. The van der Waals surface area contributed by atoms with Crippen LogP contribution in [0, 0.1) is 0 Å². The van der Waals surface area contributed by atoms with E-state index in [-0.39, 0.29) is 5.56 Å². The molecule has 0 aliphatic rings. The van der Waals surface area contributed by atoms with Gasteiger partial charge in [0, 0.05) is 42.0 Å². The van der Waals surface area contributed by atoms with E-state index in [9.17, 15) is 4.79 Å². The second-order valence-electron chi connectivity index (χ2n) is 4.67. The van der Waals surface area contributed by atoms with Gasteiger partial charge in [-0.1, -0.05) is 6.07 Å². The molecular formula is C14H19N3OS. The molecule has 19 heavy (non-hydrogen) atoms. The number of rotatable bonds is 5. The fourth-order valence-corrected chi connectivity index (χ4v) is 2.78. The lowest BCUT2D eigenvalue weighted by atomic mass is 10.2. The van der Waals surface area contributed by atoms with E-state index >= 15 is 0 Å². The van der Waals surface area contributed by atoms with Gasteiger partial charge in [-0.05, 0) is 31.5 Å². The Hall–Kier alpha value is -1.59. The standard InChI is InChI=1S/C14H19N3OS/c1-11(13-4-3-9-19-13)16(2)7-8-17-10-12(15)5-6-14(17)18/h3-6,9-11H,7-8,15H2,1-2H3. The maximum Gasteiger partial charge on any atom is 0.250 e. The van der Waals surface area contributed by atoms with E-state index in [0.29, 0.717) is 18.3 Å². The van der Waals surface area contributed by atoms with Gasteiger partial charge in [-0.3, -0.25) is 9.69 Å². The first-order valence-corrected chi connectivity index (χ1v) is 7.15. The molecule has 2 heterocycles. The van der Waals surface area contributed by atoms with Crippen molar-refractivity contribution in [2.75, 3.05) is 19.3 Å². The van der Waals surface area contributed by atoms with Gasteiger partial charge in [-0.2, -0.15) is 0 Å². The molecule has 2 N–H and O–H groups in total. The van der Waals surface area contributed by atoms with Crippen molar-refractivity contribution in [2.45, 2.75) is 19.5 Å². The minimum Gasteiger partial charge on any atom is -0.398 e. The Morgan fingerprint density at radius 1 is 1.42 bits per heavy atom. The van der Waals surface area contributed by atoms with Crippen LogP contribution >= 0.6 is 11.3 Å². The van der Waals surface area contributed by atoms with E-state index in [1.807, 2.05) is 0 Å². The number of thiophene rings is 1. The van der Waals surface area contributed by atoms with Gasteiger partial charge in [0.15, 0.2) is 0 Å². The SMILES string of the molecule is CC(c1cccs1)N(C)CCn1cc(N)ccc1=O. The molecule has 0 spiro atoms. The fraction of sp³-hybridized carbons (Fsp3) is 0.357. The Bertz CT molecular complexity index is 577. The largest absolute Gasteiger partial charge is 0.398 e. The van der Waals surface area contributed by atoms with E-state index in [0.717, 1.165) is 6.54 Å². The van der Waals surface area contributed by atoms with Crippen molar-refractivity contribution >= 4 is 17.0 Å². The Labute approximate surface area is 117 Å². The molecule has 1 unspecified atom stereocenters. The lowest BCUT2D eigenvalue weighted by molar-refractivity contribution is 0.253. The quantitative estimate of drug-likeness (QED) is 0.911. The first-order valence-electron chi connectivity index (χ1n) is 6.27. The minimum atomic E-state index is -0.00798. The van der Waals surface area contributed by atoms with Crippen LogP contribution in [-0.2, 0) is 6.54 Å². The molecule has 102 valence electrons. The van der Waals surface area contributed by atoms with Crippen LogP contribution < -0.4 is 11.3 Å². The second-order valence-corrected chi connectivity index (χ2v) is 5.65. The average molecular weight is 277 g/mol. The van der Waals surface area contributed by atoms with Crippen LogP contribution in [0.1, 0.15) is 17.8 Å². The van der Waals surface area contributed by atoms with Crippen LogP contribution in [0.15, 0.2) is 40.6 Å². The Morgan fingerprint density at radius 3 is 2.89 bits per heavy atom. The number of nitrogen functional groups attached to an aromatic ring is 1. The molecule has 0 radical (unpaired) electrons. The summed E-state index contributed by atoms with van der Waals surface area (Å²) in [6.45, 7) is 3.63. The predicted octanol–water partition coefficient (Wildman–Crippen LogP) is 2.19. The summed E-state index contributed by atoms with van der Waals surface area (Å²) in [6.07, 6.45) is 1.70. The van der Waals surface area contributed by atoms with Crippen LogP contribution in [0.3, 0.4) is 0 Å².